The fourth-order valence-electron chi connectivity index (χ4n) is 4.33. The Morgan fingerprint density at radius 2 is 2.03 bits per heavy atom. The van der Waals surface area contributed by atoms with E-state index in [1.54, 1.807) is 35.2 Å². The number of aromatic nitrogens is 4. The van der Waals surface area contributed by atoms with E-state index in [4.69, 9.17) is 5.41 Å². The molecule has 3 aromatic heterocycles. The number of hydrogen-bond donors (Lipinski definition) is 4. The minimum atomic E-state index is -0.360. The largest absolute Gasteiger partial charge is 0.354 e. The molecule has 0 bridgehead atoms. The number of nitrogens with zero attached hydrogens (tertiary/aromatic N) is 6. The zero-order chi connectivity index (χ0) is 27.6. The third kappa shape index (κ3) is 7.96. The lowest BCUT2D eigenvalue weighted by Crippen LogP contribution is -2.51. The Morgan fingerprint density at radius 3 is 2.69 bits per heavy atom. The predicted octanol–water partition coefficient (Wildman–Crippen LogP) is 3.54. The molecule has 0 aromatic carbocycles. The third-order valence-electron chi connectivity index (χ3n) is 6.53. The van der Waals surface area contributed by atoms with E-state index in [-0.39, 0.29) is 5.91 Å². The number of amidine groups is 1. The van der Waals surface area contributed by atoms with Gasteiger partial charge in [0, 0.05) is 62.6 Å². The van der Waals surface area contributed by atoms with E-state index in [1.165, 1.54) is 30.5 Å². The van der Waals surface area contributed by atoms with Crippen molar-refractivity contribution in [2.24, 2.45) is 0 Å². The maximum absolute atomic E-state index is 13.1. The van der Waals surface area contributed by atoms with Crippen molar-refractivity contribution in [3.8, 4) is 0 Å². The fourth-order valence-corrected chi connectivity index (χ4v) is 5.58. The first-order valence-electron chi connectivity index (χ1n) is 13.3. The van der Waals surface area contributed by atoms with E-state index in [0.717, 1.165) is 37.5 Å². The summed E-state index contributed by atoms with van der Waals surface area (Å²) in [5, 5.41) is 19.0. The lowest BCUT2D eigenvalue weighted by Gasteiger charge is -2.38. The van der Waals surface area contributed by atoms with Crippen molar-refractivity contribution in [3.63, 3.8) is 0 Å². The summed E-state index contributed by atoms with van der Waals surface area (Å²) in [5.41, 5.74) is 1.85. The molecule has 208 valence electrons. The molecule has 3 N–H and O–H groups in total. The lowest BCUT2D eigenvalue weighted by atomic mass is 10.2. The van der Waals surface area contributed by atoms with Crippen LogP contribution in [0.2, 0.25) is 0 Å². The summed E-state index contributed by atoms with van der Waals surface area (Å²) in [5.74, 6) is 4.41. The second-order valence-electron chi connectivity index (χ2n) is 9.45. The van der Waals surface area contributed by atoms with Crippen LogP contribution >= 0.6 is 24.4 Å². The first-order valence-corrected chi connectivity index (χ1v) is 15.0. The molecule has 0 radical (unpaired) electrons. The van der Waals surface area contributed by atoms with Gasteiger partial charge in [0.2, 0.25) is 0 Å². The van der Waals surface area contributed by atoms with Gasteiger partial charge in [-0.1, -0.05) is 13.0 Å². The van der Waals surface area contributed by atoms with Crippen LogP contribution in [0.15, 0.2) is 54.9 Å². The molecule has 3 aromatic rings. The van der Waals surface area contributed by atoms with Gasteiger partial charge >= 0.3 is 0 Å². The number of piperazine rings is 1. The number of aryl methyl sites for hydroxylation is 1. The second-order valence-corrected chi connectivity index (χ2v) is 11.1. The number of carbonyl (C=O) groups is 1. The number of thiol groups is 1. The van der Waals surface area contributed by atoms with Crippen LogP contribution < -0.4 is 10.6 Å². The van der Waals surface area contributed by atoms with Crippen LogP contribution in [0.1, 0.15) is 35.7 Å². The molecular formula is C27H37N9OS2. The molecular weight excluding hydrogens is 530 g/mol. The second kappa shape index (κ2) is 14.3. The van der Waals surface area contributed by atoms with E-state index in [0.29, 0.717) is 34.7 Å². The quantitative estimate of drug-likeness (QED) is 0.195. The van der Waals surface area contributed by atoms with Gasteiger partial charge in [-0.15, -0.1) is 0 Å². The van der Waals surface area contributed by atoms with Crippen LogP contribution in [0.25, 0.3) is 5.65 Å². The van der Waals surface area contributed by atoms with Crippen molar-refractivity contribution < 1.29 is 4.79 Å². The molecule has 10 nitrogen and oxygen atoms in total. The average Bonchev–Trinajstić information content (AvgIpc) is 3.65. The highest BCUT2D eigenvalue weighted by molar-refractivity contribution is 7.99. The molecule has 0 saturated carbocycles. The Morgan fingerprint density at radius 1 is 1.23 bits per heavy atom. The molecule has 39 heavy (non-hydrogen) atoms. The van der Waals surface area contributed by atoms with Crippen molar-refractivity contribution in [2.45, 2.75) is 32.7 Å². The Kier molecular flexibility index (Phi) is 10.6. The number of anilines is 1. The first kappa shape index (κ1) is 28.9. The number of hydrogen-bond acceptors (Lipinski definition) is 9. The van der Waals surface area contributed by atoms with Crippen molar-refractivity contribution in [2.75, 3.05) is 48.8 Å². The van der Waals surface area contributed by atoms with Crippen LogP contribution in [-0.4, -0.2) is 90.6 Å². The average molecular weight is 568 g/mol. The standard InChI is InChI=1S/C24H29N9OS.C3H8S/c1-17-3-4-21(27-14-17)29-22(30-24(34)19-15-28-33-7-2-6-26-23(19)33)13-20(25)32-10-8-31(9-11-32)18-5-12-35-16-18;1-2-3-4/h2-4,6-7,13-15,18,25H,5,8-12,16H2,1H3,(H,27,29)(H,30,34);4H,2-3H2,1H3/b22-13+,25-20?;. The van der Waals surface area contributed by atoms with Crippen LogP contribution in [0.5, 0.6) is 0 Å². The summed E-state index contributed by atoms with van der Waals surface area (Å²) in [6.07, 6.45) is 10.7. The highest BCUT2D eigenvalue weighted by Gasteiger charge is 2.27. The van der Waals surface area contributed by atoms with Gasteiger partial charge in [0.15, 0.2) is 5.65 Å². The van der Waals surface area contributed by atoms with E-state index >= 15 is 0 Å². The Balaban J connectivity index is 0.000000826. The van der Waals surface area contributed by atoms with Gasteiger partial charge in [-0.3, -0.25) is 15.1 Å². The van der Waals surface area contributed by atoms with Crippen LogP contribution in [0.4, 0.5) is 5.82 Å². The topological polar surface area (TPSA) is 115 Å². The lowest BCUT2D eigenvalue weighted by molar-refractivity contribution is 0.0967. The monoisotopic (exact) mass is 567 g/mol. The van der Waals surface area contributed by atoms with E-state index in [1.807, 2.05) is 35.7 Å². The number of carbonyl (C=O) groups excluding carboxylic acids is 1. The highest BCUT2D eigenvalue weighted by Crippen LogP contribution is 2.23. The van der Waals surface area contributed by atoms with Gasteiger partial charge in [0.1, 0.15) is 23.0 Å². The summed E-state index contributed by atoms with van der Waals surface area (Å²) in [4.78, 5) is 26.4. The van der Waals surface area contributed by atoms with Crippen LogP contribution in [0, 0.1) is 12.3 Å². The molecule has 2 fully saturated rings. The minimum Gasteiger partial charge on any atom is -0.354 e. The summed E-state index contributed by atoms with van der Waals surface area (Å²) >= 11 is 5.95. The smallest absolute Gasteiger partial charge is 0.262 e. The van der Waals surface area contributed by atoms with Gasteiger partial charge < -0.3 is 15.5 Å². The molecule has 0 aliphatic carbocycles. The Bertz CT molecular complexity index is 1260. The van der Waals surface area contributed by atoms with Gasteiger partial charge in [0.05, 0.1) is 6.20 Å². The van der Waals surface area contributed by atoms with Gasteiger partial charge in [0.25, 0.3) is 5.91 Å². The number of nitrogens with one attached hydrogen (secondary N) is 3. The van der Waals surface area contributed by atoms with Crippen LogP contribution in [0.3, 0.4) is 0 Å². The maximum atomic E-state index is 13.1. The molecule has 2 aliphatic heterocycles. The zero-order valence-corrected chi connectivity index (χ0v) is 24.2. The van der Waals surface area contributed by atoms with Gasteiger partial charge in [-0.05, 0) is 49.0 Å². The number of amides is 1. The Labute approximate surface area is 239 Å². The summed E-state index contributed by atoms with van der Waals surface area (Å²) in [6.45, 7) is 7.55. The molecule has 5 heterocycles. The molecule has 1 unspecified atom stereocenters. The minimum absolute atomic E-state index is 0.346. The molecule has 12 heteroatoms. The predicted molar refractivity (Wildman–Crippen MR) is 162 cm³/mol. The zero-order valence-electron chi connectivity index (χ0n) is 22.5. The van der Waals surface area contributed by atoms with Crippen molar-refractivity contribution in [1.29, 1.82) is 5.41 Å². The van der Waals surface area contributed by atoms with Gasteiger partial charge in [-0.25, -0.2) is 14.5 Å². The third-order valence-corrected chi connectivity index (χ3v) is 8.12. The number of pyridine rings is 1. The number of rotatable bonds is 7. The normalized spacial score (nSPS) is 18.0. The van der Waals surface area contributed by atoms with Crippen LogP contribution in [-0.2, 0) is 0 Å². The number of fused-ring (bicyclic) bond motifs is 1. The number of thioether (sulfide) groups is 1. The van der Waals surface area contributed by atoms with E-state index in [2.05, 4.69) is 50.2 Å². The molecule has 2 saturated heterocycles. The van der Waals surface area contributed by atoms with E-state index in [9.17, 15) is 4.79 Å². The molecule has 1 amide bonds. The summed E-state index contributed by atoms with van der Waals surface area (Å²) < 4.78 is 1.55. The molecule has 5 rings (SSSR count). The van der Waals surface area contributed by atoms with Crippen molar-refractivity contribution >= 4 is 47.6 Å². The first-order chi connectivity index (χ1) is 19.0. The summed E-state index contributed by atoms with van der Waals surface area (Å²) in [6, 6.07) is 6.20. The molecule has 2 aliphatic rings. The molecule has 0 spiro atoms. The highest BCUT2D eigenvalue weighted by atomic mass is 32.2. The van der Waals surface area contributed by atoms with E-state index < -0.39 is 0 Å². The van der Waals surface area contributed by atoms with Crippen molar-refractivity contribution in [1.82, 2.24) is 34.7 Å². The van der Waals surface area contributed by atoms with Gasteiger partial charge in [-0.2, -0.15) is 29.5 Å². The molecule has 1 atom stereocenters. The Hall–Kier alpha value is -3.09. The SMILES string of the molecule is CCCS.Cc1ccc(N/C(=C\C(=N)N2CCN(C3CCSC3)CC2)NC(=O)c2cnn3cccnc23)nc1. The maximum Gasteiger partial charge on any atom is 0.262 e. The van der Waals surface area contributed by atoms with Crippen molar-refractivity contribution in [3.05, 3.63) is 66.0 Å². The summed E-state index contributed by atoms with van der Waals surface area (Å²) in [7, 11) is 0. The fraction of sp³-hybridized carbons (Fsp3) is 0.444.